The van der Waals surface area contributed by atoms with E-state index in [0.717, 1.165) is 17.8 Å². The highest BCUT2D eigenvalue weighted by atomic mass is 35.5. The molecule has 0 amide bonds. The number of aryl methyl sites for hydroxylation is 2. The van der Waals surface area contributed by atoms with Gasteiger partial charge in [0.2, 0.25) is 0 Å². The molecule has 6 heteroatoms. The molecule has 0 aliphatic carbocycles. The van der Waals surface area contributed by atoms with Crippen molar-refractivity contribution in [3.05, 3.63) is 16.4 Å². The number of ether oxygens (including phenoxy) is 1. The molecular weight excluding hydrogens is 254 g/mol. The lowest BCUT2D eigenvalue weighted by Crippen LogP contribution is -2.35. The standard InChI is InChI=1S/C12H20ClN3O2/c1-5-9-11(13)10(16(4)15-9)7-14-8(3)12(17)18-6-2/h8,14H,5-7H2,1-4H3. The van der Waals surface area contributed by atoms with E-state index >= 15 is 0 Å². The Morgan fingerprint density at radius 2 is 2.22 bits per heavy atom. The monoisotopic (exact) mass is 273 g/mol. The molecule has 1 rings (SSSR count). The Morgan fingerprint density at radius 3 is 2.72 bits per heavy atom. The van der Waals surface area contributed by atoms with Gasteiger partial charge in [0.15, 0.2) is 0 Å². The van der Waals surface area contributed by atoms with E-state index < -0.39 is 0 Å². The van der Waals surface area contributed by atoms with Crippen molar-refractivity contribution in [3.8, 4) is 0 Å². The molecule has 1 atom stereocenters. The van der Waals surface area contributed by atoms with E-state index in [9.17, 15) is 4.79 Å². The largest absolute Gasteiger partial charge is 0.465 e. The van der Waals surface area contributed by atoms with Crippen molar-refractivity contribution in [3.63, 3.8) is 0 Å². The van der Waals surface area contributed by atoms with Gasteiger partial charge in [-0.3, -0.25) is 14.8 Å². The predicted octanol–water partition coefficient (Wildman–Crippen LogP) is 1.68. The zero-order chi connectivity index (χ0) is 13.7. The van der Waals surface area contributed by atoms with Crippen LogP contribution in [0.3, 0.4) is 0 Å². The van der Waals surface area contributed by atoms with E-state index in [1.54, 1.807) is 18.5 Å². The van der Waals surface area contributed by atoms with Crippen molar-refractivity contribution in [2.45, 2.75) is 39.8 Å². The minimum absolute atomic E-state index is 0.258. The van der Waals surface area contributed by atoms with Gasteiger partial charge in [-0.1, -0.05) is 18.5 Å². The minimum atomic E-state index is -0.360. The number of carbonyl (C=O) groups is 1. The number of hydrogen-bond donors (Lipinski definition) is 1. The van der Waals surface area contributed by atoms with Crippen LogP contribution in [0.25, 0.3) is 0 Å². The number of esters is 1. The summed E-state index contributed by atoms with van der Waals surface area (Å²) >= 11 is 6.21. The molecule has 0 bridgehead atoms. The lowest BCUT2D eigenvalue weighted by Gasteiger charge is -2.12. The summed E-state index contributed by atoms with van der Waals surface area (Å²) in [6.07, 6.45) is 0.792. The highest BCUT2D eigenvalue weighted by molar-refractivity contribution is 6.31. The predicted molar refractivity (Wildman–Crippen MR) is 70.5 cm³/mol. The number of halogens is 1. The molecule has 102 valence electrons. The second-order valence-corrected chi connectivity index (χ2v) is 4.42. The van der Waals surface area contributed by atoms with E-state index in [4.69, 9.17) is 16.3 Å². The highest BCUT2D eigenvalue weighted by Gasteiger charge is 2.17. The number of nitrogens with zero attached hydrogens (tertiary/aromatic N) is 2. The average Bonchev–Trinajstić information content (AvgIpc) is 2.62. The van der Waals surface area contributed by atoms with Crippen LogP contribution in [0.2, 0.25) is 5.02 Å². The van der Waals surface area contributed by atoms with Crippen LogP contribution in [0.1, 0.15) is 32.2 Å². The summed E-state index contributed by atoms with van der Waals surface area (Å²) in [5, 5.41) is 8.07. The second-order valence-electron chi connectivity index (χ2n) is 4.04. The fourth-order valence-electron chi connectivity index (χ4n) is 1.61. The highest BCUT2D eigenvalue weighted by Crippen LogP contribution is 2.20. The molecule has 0 saturated heterocycles. The summed E-state index contributed by atoms with van der Waals surface area (Å²) in [6, 6.07) is -0.360. The van der Waals surface area contributed by atoms with E-state index in [2.05, 4.69) is 10.4 Å². The zero-order valence-electron chi connectivity index (χ0n) is 11.3. The number of hydrogen-bond acceptors (Lipinski definition) is 4. The van der Waals surface area contributed by atoms with Crippen LogP contribution in [-0.2, 0) is 29.5 Å². The average molecular weight is 274 g/mol. The fraction of sp³-hybridized carbons (Fsp3) is 0.667. The zero-order valence-corrected chi connectivity index (χ0v) is 12.0. The fourth-order valence-corrected chi connectivity index (χ4v) is 1.97. The lowest BCUT2D eigenvalue weighted by molar-refractivity contribution is -0.145. The van der Waals surface area contributed by atoms with Gasteiger partial charge < -0.3 is 4.74 Å². The second kappa shape index (κ2) is 6.75. The van der Waals surface area contributed by atoms with Crippen molar-refractivity contribution >= 4 is 17.6 Å². The smallest absolute Gasteiger partial charge is 0.322 e. The van der Waals surface area contributed by atoms with E-state index in [0.29, 0.717) is 18.2 Å². The first-order valence-electron chi connectivity index (χ1n) is 6.11. The maximum Gasteiger partial charge on any atom is 0.322 e. The Balaban J connectivity index is 2.63. The molecule has 0 saturated carbocycles. The van der Waals surface area contributed by atoms with Gasteiger partial charge in [0.1, 0.15) is 6.04 Å². The van der Waals surface area contributed by atoms with E-state index in [1.165, 1.54) is 0 Å². The lowest BCUT2D eigenvalue weighted by atomic mass is 10.2. The van der Waals surface area contributed by atoms with Crippen LogP contribution in [-0.4, -0.2) is 28.4 Å². The Kier molecular flexibility index (Phi) is 5.62. The maximum absolute atomic E-state index is 11.5. The van der Waals surface area contributed by atoms with Crippen LogP contribution in [0.4, 0.5) is 0 Å². The molecule has 0 aromatic carbocycles. The van der Waals surface area contributed by atoms with Gasteiger partial charge in [-0.05, 0) is 20.3 Å². The first-order chi connectivity index (χ1) is 8.51. The van der Waals surface area contributed by atoms with Crippen LogP contribution in [0.15, 0.2) is 0 Å². The van der Waals surface area contributed by atoms with Crippen LogP contribution >= 0.6 is 11.6 Å². The number of rotatable bonds is 6. The summed E-state index contributed by atoms with van der Waals surface area (Å²) in [4.78, 5) is 11.5. The molecule has 0 spiro atoms. The number of nitrogens with one attached hydrogen (secondary N) is 1. The Labute approximate surface area is 112 Å². The number of aromatic nitrogens is 2. The third-order valence-electron chi connectivity index (χ3n) is 2.72. The number of carbonyl (C=O) groups excluding carboxylic acids is 1. The van der Waals surface area contributed by atoms with Gasteiger partial charge in [0.05, 0.1) is 23.0 Å². The summed E-state index contributed by atoms with van der Waals surface area (Å²) in [7, 11) is 1.84. The van der Waals surface area contributed by atoms with Gasteiger partial charge in [0.25, 0.3) is 0 Å². The molecule has 18 heavy (non-hydrogen) atoms. The van der Waals surface area contributed by atoms with E-state index in [-0.39, 0.29) is 12.0 Å². The molecule has 0 aliphatic rings. The molecule has 0 aliphatic heterocycles. The van der Waals surface area contributed by atoms with Crippen molar-refractivity contribution in [2.75, 3.05) is 6.61 Å². The van der Waals surface area contributed by atoms with Crippen LogP contribution in [0, 0.1) is 0 Å². The normalized spacial score (nSPS) is 12.5. The van der Waals surface area contributed by atoms with Crippen LogP contribution in [0.5, 0.6) is 0 Å². The van der Waals surface area contributed by atoms with Crippen molar-refractivity contribution in [1.29, 1.82) is 0 Å². The molecule has 0 radical (unpaired) electrons. The molecule has 1 unspecified atom stereocenters. The molecule has 1 heterocycles. The van der Waals surface area contributed by atoms with Crippen molar-refractivity contribution < 1.29 is 9.53 Å². The van der Waals surface area contributed by atoms with Crippen molar-refractivity contribution in [1.82, 2.24) is 15.1 Å². The van der Waals surface area contributed by atoms with Gasteiger partial charge in [0, 0.05) is 13.6 Å². The summed E-state index contributed by atoms with van der Waals surface area (Å²) in [5.41, 5.74) is 1.75. The third kappa shape index (κ3) is 3.46. The topological polar surface area (TPSA) is 56.1 Å². The van der Waals surface area contributed by atoms with Gasteiger partial charge in [-0.25, -0.2) is 0 Å². The van der Waals surface area contributed by atoms with Gasteiger partial charge in [-0.15, -0.1) is 0 Å². The molecule has 1 aromatic heterocycles. The van der Waals surface area contributed by atoms with Crippen molar-refractivity contribution in [2.24, 2.45) is 7.05 Å². The van der Waals surface area contributed by atoms with Gasteiger partial charge >= 0.3 is 5.97 Å². The summed E-state index contributed by atoms with van der Waals surface area (Å²) < 4.78 is 6.66. The quantitative estimate of drug-likeness (QED) is 0.801. The Hall–Kier alpha value is -1.07. The SMILES string of the molecule is CCOC(=O)C(C)NCc1c(Cl)c(CC)nn1C. The minimum Gasteiger partial charge on any atom is -0.465 e. The maximum atomic E-state index is 11.5. The molecule has 1 N–H and O–H groups in total. The van der Waals surface area contributed by atoms with Gasteiger partial charge in [-0.2, -0.15) is 5.10 Å². The molecular formula is C12H20ClN3O2. The first-order valence-corrected chi connectivity index (χ1v) is 6.49. The first kappa shape index (κ1) is 15.0. The van der Waals surface area contributed by atoms with Crippen LogP contribution < -0.4 is 5.32 Å². The Bertz CT molecular complexity index is 418. The molecule has 5 nitrogen and oxygen atoms in total. The third-order valence-corrected chi connectivity index (χ3v) is 3.16. The summed E-state index contributed by atoms with van der Waals surface area (Å²) in [6.45, 7) is 6.44. The van der Waals surface area contributed by atoms with E-state index in [1.807, 2.05) is 14.0 Å². The summed E-state index contributed by atoms with van der Waals surface area (Å²) in [5.74, 6) is -0.258. The Morgan fingerprint density at radius 1 is 1.56 bits per heavy atom. The molecule has 0 fully saturated rings. The molecule has 1 aromatic rings.